The van der Waals surface area contributed by atoms with Gasteiger partial charge in [-0.2, -0.15) is 0 Å². The molecule has 1 aromatic heterocycles. The molecular weight excluding hydrogens is 358 g/mol. The van der Waals surface area contributed by atoms with Crippen LogP contribution in [-0.4, -0.2) is 85.6 Å². The predicted molar refractivity (Wildman–Crippen MR) is 105 cm³/mol. The largest absolute Gasteiger partial charge is 0.378 e. The summed E-state index contributed by atoms with van der Waals surface area (Å²) in [6.07, 6.45) is 3.51. The summed E-state index contributed by atoms with van der Waals surface area (Å²) < 4.78 is 5.39. The quantitative estimate of drug-likeness (QED) is 0.722. The van der Waals surface area contributed by atoms with Gasteiger partial charge in [0.1, 0.15) is 6.04 Å². The second-order valence-corrected chi connectivity index (χ2v) is 8.18. The highest BCUT2D eigenvalue weighted by Crippen LogP contribution is 2.35. The van der Waals surface area contributed by atoms with Crippen molar-refractivity contribution in [3.05, 3.63) is 12.1 Å². The van der Waals surface area contributed by atoms with Gasteiger partial charge in [0.2, 0.25) is 5.91 Å². The van der Waals surface area contributed by atoms with E-state index in [1.165, 1.54) is 12.8 Å². The number of carbonyl (C=O) groups excluding carboxylic acids is 1. The number of piperazine rings is 1. The maximum absolute atomic E-state index is 12.8. The van der Waals surface area contributed by atoms with Gasteiger partial charge in [0.05, 0.1) is 13.2 Å². The molecular formula is C19H29N7O2. The zero-order chi connectivity index (χ0) is 18.9. The summed E-state index contributed by atoms with van der Waals surface area (Å²) in [5, 5.41) is 8.83. The number of ether oxygens (including phenoxy) is 1. The minimum absolute atomic E-state index is 0.0789. The van der Waals surface area contributed by atoms with Crippen LogP contribution in [0, 0.1) is 5.92 Å². The molecule has 9 heteroatoms. The van der Waals surface area contributed by atoms with E-state index in [1.54, 1.807) is 0 Å². The number of morpholine rings is 1. The summed E-state index contributed by atoms with van der Waals surface area (Å²) in [5.74, 6) is 2.79. The molecule has 3 aliphatic heterocycles. The van der Waals surface area contributed by atoms with Gasteiger partial charge >= 0.3 is 0 Å². The smallest absolute Gasteiger partial charge is 0.241 e. The number of aromatic nitrogens is 2. The third kappa shape index (κ3) is 3.78. The normalized spacial score (nSPS) is 28.6. The van der Waals surface area contributed by atoms with Crippen molar-refractivity contribution >= 4 is 17.5 Å². The van der Waals surface area contributed by atoms with Crippen molar-refractivity contribution in [2.75, 3.05) is 62.3 Å². The summed E-state index contributed by atoms with van der Waals surface area (Å²) in [5.41, 5.74) is 6.53. The van der Waals surface area contributed by atoms with E-state index >= 15 is 0 Å². The Bertz CT molecular complexity index is 682. The van der Waals surface area contributed by atoms with Crippen LogP contribution in [0.5, 0.6) is 0 Å². The van der Waals surface area contributed by atoms with E-state index in [9.17, 15) is 4.79 Å². The standard InChI is InChI=1S/C19H29N7O2/c27-19(16-13-15(20-21-16)14-1-2-14)26-7-5-24(6-8-26)17-3-4-18(23-22-17)25-9-11-28-12-10-25/h3-4,14-16,20-21H,1-2,5-13H2. The van der Waals surface area contributed by atoms with Crippen LogP contribution >= 0.6 is 0 Å². The van der Waals surface area contributed by atoms with Gasteiger partial charge in [0.15, 0.2) is 11.6 Å². The topological polar surface area (TPSA) is 85.9 Å². The van der Waals surface area contributed by atoms with Gasteiger partial charge in [0.25, 0.3) is 0 Å². The van der Waals surface area contributed by atoms with Crippen molar-refractivity contribution in [1.29, 1.82) is 0 Å². The molecule has 5 rings (SSSR count). The first-order chi connectivity index (χ1) is 13.8. The van der Waals surface area contributed by atoms with Crippen LogP contribution in [0.15, 0.2) is 12.1 Å². The number of hydrogen-bond donors (Lipinski definition) is 2. The number of nitrogens with one attached hydrogen (secondary N) is 2. The van der Waals surface area contributed by atoms with Gasteiger partial charge in [0, 0.05) is 45.3 Å². The molecule has 2 unspecified atom stereocenters. The minimum Gasteiger partial charge on any atom is -0.378 e. The molecule has 1 aromatic rings. The Morgan fingerprint density at radius 3 is 2.18 bits per heavy atom. The van der Waals surface area contributed by atoms with Crippen LogP contribution in [0.1, 0.15) is 19.3 Å². The van der Waals surface area contributed by atoms with Crippen molar-refractivity contribution in [3.8, 4) is 0 Å². The zero-order valence-electron chi connectivity index (χ0n) is 16.2. The SMILES string of the molecule is O=C(C1CC(C2CC2)NN1)N1CCN(c2ccc(N3CCOCC3)nn2)CC1. The van der Waals surface area contributed by atoms with E-state index in [0.29, 0.717) is 6.04 Å². The Balaban J connectivity index is 1.13. The molecule has 4 heterocycles. The maximum Gasteiger partial charge on any atom is 0.241 e. The zero-order valence-corrected chi connectivity index (χ0v) is 16.2. The van der Waals surface area contributed by atoms with Crippen molar-refractivity contribution < 1.29 is 9.53 Å². The van der Waals surface area contributed by atoms with Gasteiger partial charge < -0.3 is 19.4 Å². The average Bonchev–Trinajstić information content (AvgIpc) is 3.51. The summed E-state index contributed by atoms with van der Waals surface area (Å²) in [6.45, 7) is 6.27. The second kappa shape index (κ2) is 7.81. The highest BCUT2D eigenvalue weighted by molar-refractivity contribution is 5.82. The monoisotopic (exact) mass is 387 g/mol. The van der Waals surface area contributed by atoms with Crippen molar-refractivity contribution in [2.45, 2.75) is 31.3 Å². The molecule has 2 atom stereocenters. The summed E-state index contributed by atoms with van der Waals surface area (Å²) >= 11 is 0. The van der Waals surface area contributed by atoms with Crippen LogP contribution in [0.25, 0.3) is 0 Å². The van der Waals surface area contributed by atoms with E-state index in [1.807, 2.05) is 17.0 Å². The molecule has 0 aromatic carbocycles. The number of hydrazine groups is 1. The first-order valence-corrected chi connectivity index (χ1v) is 10.5. The summed E-state index contributed by atoms with van der Waals surface area (Å²) in [4.78, 5) is 19.2. The molecule has 0 radical (unpaired) electrons. The van der Waals surface area contributed by atoms with Crippen LogP contribution in [0.3, 0.4) is 0 Å². The Morgan fingerprint density at radius 2 is 1.57 bits per heavy atom. The van der Waals surface area contributed by atoms with Crippen LogP contribution in [0.4, 0.5) is 11.6 Å². The Hall–Kier alpha value is -1.97. The van der Waals surface area contributed by atoms with Crippen molar-refractivity contribution in [3.63, 3.8) is 0 Å². The lowest BCUT2D eigenvalue weighted by molar-refractivity contribution is -0.133. The molecule has 0 bridgehead atoms. The molecule has 0 spiro atoms. The van der Waals surface area contributed by atoms with Gasteiger partial charge in [-0.25, -0.2) is 5.43 Å². The van der Waals surface area contributed by atoms with Gasteiger partial charge in [-0.3, -0.25) is 10.2 Å². The lowest BCUT2D eigenvalue weighted by Crippen LogP contribution is -2.54. The molecule has 9 nitrogen and oxygen atoms in total. The van der Waals surface area contributed by atoms with E-state index in [2.05, 4.69) is 30.8 Å². The second-order valence-electron chi connectivity index (χ2n) is 8.18. The van der Waals surface area contributed by atoms with Crippen LogP contribution in [0.2, 0.25) is 0 Å². The first-order valence-electron chi connectivity index (χ1n) is 10.5. The predicted octanol–water partition coefficient (Wildman–Crippen LogP) is -0.393. The lowest BCUT2D eigenvalue weighted by atomic mass is 10.1. The molecule has 4 fully saturated rings. The fourth-order valence-corrected chi connectivity index (χ4v) is 4.38. The highest BCUT2D eigenvalue weighted by Gasteiger charge is 2.40. The average molecular weight is 387 g/mol. The molecule has 2 N–H and O–H groups in total. The maximum atomic E-state index is 12.8. The molecule has 152 valence electrons. The van der Waals surface area contributed by atoms with E-state index < -0.39 is 0 Å². The van der Waals surface area contributed by atoms with E-state index in [-0.39, 0.29) is 11.9 Å². The number of amides is 1. The molecule has 1 saturated carbocycles. The number of carbonyl (C=O) groups is 1. The number of anilines is 2. The summed E-state index contributed by atoms with van der Waals surface area (Å²) in [7, 11) is 0. The highest BCUT2D eigenvalue weighted by atomic mass is 16.5. The van der Waals surface area contributed by atoms with Gasteiger partial charge in [-0.05, 0) is 37.3 Å². The lowest BCUT2D eigenvalue weighted by Gasteiger charge is -2.36. The van der Waals surface area contributed by atoms with Crippen molar-refractivity contribution in [1.82, 2.24) is 25.9 Å². The number of hydrogen-bond acceptors (Lipinski definition) is 8. The summed E-state index contributed by atoms with van der Waals surface area (Å²) in [6, 6.07) is 4.47. The fraction of sp³-hybridized carbons (Fsp3) is 0.737. The van der Waals surface area contributed by atoms with Gasteiger partial charge in [-0.15, -0.1) is 10.2 Å². The molecule has 1 aliphatic carbocycles. The number of nitrogens with zero attached hydrogens (tertiary/aromatic N) is 5. The Morgan fingerprint density at radius 1 is 0.929 bits per heavy atom. The Labute approximate surface area is 165 Å². The third-order valence-corrected chi connectivity index (χ3v) is 6.31. The van der Waals surface area contributed by atoms with E-state index in [4.69, 9.17) is 4.74 Å². The molecule has 3 saturated heterocycles. The van der Waals surface area contributed by atoms with Crippen molar-refractivity contribution in [2.24, 2.45) is 5.92 Å². The van der Waals surface area contributed by atoms with Crippen LogP contribution in [-0.2, 0) is 9.53 Å². The fourth-order valence-electron chi connectivity index (χ4n) is 4.38. The van der Waals surface area contributed by atoms with Crippen LogP contribution < -0.4 is 20.7 Å². The third-order valence-electron chi connectivity index (χ3n) is 6.31. The van der Waals surface area contributed by atoms with E-state index in [0.717, 1.165) is 76.5 Å². The molecule has 1 amide bonds. The van der Waals surface area contributed by atoms with Gasteiger partial charge in [-0.1, -0.05) is 0 Å². The molecule has 28 heavy (non-hydrogen) atoms. The minimum atomic E-state index is -0.0789. The number of rotatable bonds is 4. The Kier molecular flexibility index (Phi) is 5.04. The molecule has 4 aliphatic rings. The first kappa shape index (κ1) is 18.1.